The maximum atomic E-state index is 14.4. The standard InChI is InChI=1S/C25H28ClFN4O3/c1-6-31(16-34)24(15-33)28-30(5)19-11-10-18(14-32)20(12-19)21(17(2)3)13-29(4)25-22(26)8-7-9-23(25)27/h7-14,16,33H,2,6,15H2,1,3-5H3/b21-13-,28-24-. The lowest BCUT2D eigenvalue weighted by atomic mass is 9.95. The predicted octanol–water partition coefficient (Wildman–Crippen LogP) is 4.57. The summed E-state index contributed by atoms with van der Waals surface area (Å²) in [7, 11) is 3.31. The van der Waals surface area contributed by atoms with E-state index < -0.39 is 12.4 Å². The number of amides is 1. The highest BCUT2D eigenvalue weighted by Crippen LogP contribution is 2.33. The molecule has 0 radical (unpaired) electrons. The third-order valence-corrected chi connectivity index (χ3v) is 5.41. The van der Waals surface area contributed by atoms with Crippen LogP contribution in [0.15, 0.2) is 59.9 Å². The second kappa shape index (κ2) is 12.1. The fraction of sp³-hybridized carbons (Fsp3) is 0.240. The van der Waals surface area contributed by atoms with Gasteiger partial charge < -0.3 is 10.0 Å². The molecule has 2 rings (SSSR count). The zero-order valence-corrected chi connectivity index (χ0v) is 20.4. The summed E-state index contributed by atoms with van der Waals surface area (Å²) in [6.07, 6.45) is 2.97. The molecule has 0 aliphatic rings. The van der Waals surface area contributed by atoms with Gasteiger partial charge in [0.15, 0.2) is 12.1 Å². The third-order valence-electron chi connectivity index (χ3n) is 5.11. The number of allylic oxidation sites excluding steroid dienone is 2. The molecule has 0 heterocycles. The molecule has 0 aliphatic heterocycles. The van der Waals surface area contributed by atoms with Gasteiger partial charge >= 0.3 is 0 Å². The summed E-state index contributed by atoms with van der Waals surface area (Å²) in [5.74, 6) is -0.316. The van der Waals surface area contributed by atoms with Crippen LogP contribution in [0.25, 0.3) is 5.57 Å². The molecular weight excluding hydrogens is 459 g/mol. The fourth-order valence-corrected chi connectivity index (χ4v) is 3.60. The number of rotatable bonds is 10. The van der Waals surface area contributed by atoms with Gasteiger partial charge in [-0.05, 0) is 55.3 Å². The summed E-state index contributed by atoms with van der Waals surface area (Å²) in [6, 6.07) is 9.48. The Morgan fingerprint density at radius 2 is 1.94 bits per heavy atom. The second-order valence-electron chi connectivity index (χ2n) is 7.48. The van der Waals surface area contributed by atoms with Crippen molar-refractivity contribution in [1.82, 2.24) is 4.90 Å². The average molecular weight is 487 g/mol. The Morgan fingerprint density at radius 3 is 2.47 bits per heavy atom. The monoisotopic (exact) mass is 486 g/mol. The molecule has 1 N–H and O–H groups in total. The lowest BCUT2D eigenvalue weighted by Crippen LogP contribution is -2.34. The fourth-order valence-electron chi connectivity index (χ4n) is 3.30. The number of hydrogen-bond donors (Lipinski definition) is 1. The van der Waals surface area contributed by atoms with Gasteiger partial charge in [-0.25, -0.2) is 4.39 Å². The van der Waals surface area contributed by atoms with Crippen molar-refractivity contribution in [1.29, 1.82) is 0 Å². The zero-order chi connectivity index (χ0) is 25.4. The molecule has 0 atom stereocenters. The first kappa shape index (κ1) is 26.8. The van der Waals surface area contributed by atoms with Crippen molar-refractivity contribution in [2.45, 2.75) is 13.8 Å². The maximum Gasteiger partial charge on any atom is 0.215 e. The lowest BCUT2D eigenvalue weighted by Gasteiger charge is -2.23. The molecule has 9 heteroatoms. The number of anilines is 2. The lowest BCUT2D eigenvalue weighted by molar-refractivity contribution is -0.114. The van der Waals surface area contributed by atoms with Crippen LogP contribution in [0.4, 0.5) is 15.8 Å². The summed E-state index contributed by atoms with van der Waals surface area (Å²) < 4.78 is 14.4. The summed E-state index contributed by atoms with van der Waals surface area (Å²) in [5, 5.41) is 15.7. The van der Waals surface area contributed by atoms with Crippen LogP contribution in [0.2, 0.25) is 5.02 Å². The second-order valence-corrected chi connectivity index (χ2v) is 7.89. The molecule has 0 unspecified atom stereocenters. The zero-order valence-electron chi connectivity index (χ0n) is 19.6. The molecule has 2 aromatic carbocycles. The van der Waals surface area contributed by atoms with Gasteiger partial charge in [0.2, 0.25) is 6.41 Å². The average Bonchev–Trinajstić information content (AvgIpc) is 2.81. The first-order chi connectivity index (χ1) is 16.2. The van der Waals surface area contributed by atoms with Gasteiger partial charge in [-0.15, -0.1) is 0 Å². The van der Waals surface area contributed by atoms with Crippen LogP contribution in [0, 0.1) is 5.82 Å². The minimum atomic E-state index is -0.488. The quantitative estimate of drug-likeness (QED) is 0.175. The number of halogens is 2. The van der Waals surface area contributed by atoms with E-state index in [2.05, 4.69) is 11.7 Å². The number of aliphatic hydroxyl groups excluding tert-OH is 1. The van der Waals surface area contributed by atoms with Gasteiger partial charge in [0, 0.05) is 38.0 Å². The Bertz CT molecular complexity index is 1110. The number of aliphatic hydroxyl groups is 1. The number of aldehydes is 1. The Labute approximate surface area is 204 Å². The van der Waals surface area contributed by atoms with Gasteiger partial charge in [-0.1, -0.05) is 24.2 Å². The Morgan fingerprint density at radius 1 is 1.24 bits per heavy atom. The molecule has 0 fully saturated rings. The van der Waals surface area contributed by atoms with Crippen LogP contribution in [0.5, 0.6) is 0 Å². The van der Waals surface area contributed by atoms with Crippen LogP contribution < -0.4 is 9.91 Å². The van der Waals surface area contributed by atoms with E-state index in [1.807, 2.05) is 0 Å². The van der Waals surface area contributed by atoms with Crippen molar-refractivity contribution in [3.63, 3.8) is 0 Å². The third kappa shape index (κ3) is 6.09. The number of para-hydroxylation sites is 1. The number of hydrogen-bond acceptors (Lipinski definition) is 6. The molecule has 0 aromatic heterocycles. The molecular formula is C25H28ClFN4O3. The van der Waals surface area contributed by atoms with Crippen LogP contribution >= 0.6 is 11.6 Å². The van der Waals surface area contributed by atoms with E-state index in [0.717, 1.165) is 6.29 Å². The van der Waals surface area contributed by atoms with Crippen molar-refractivity contribution in [2.24, 2.45) is 5.10 Å². The number of benzene rings is 2. The first-order valence-electron chi connectivity index (χ1n) is 10.5. The number of carbonyl (C=O) groups excluding carboxylic acids is 2. The topological polar surface area (TPSA) is 76.5 Å². The van der Waals surface area contributed by atoms with Crippen molar-refractivity contribution < 1.29 is 19.1 Å². The molecule has 0 spiro atoms. The molecule has 2 aromatic rings. The summed E-state index contributed by atoms with van der Waals surface area (Å²) in [4.78, 5) is 25.9. The van der Waals surface area contributed by atoms with E-state index in [0.29, 0.717) is 40.9 Å². The number of likely N-dealkylation sites (N-methyl/N-ethyl adjacent to an activating group) is 1. The van der Waals surface area contributed by atoms with Crippen LogP contribution in [0.1, 0.15) is 29.8 Å². The van der Waals surface area contributed by atoms with Crippen LogP contribution in [0.3, 0.4) is 0 Å². The van der Waals surface area contributed by atoms with Crippen LogP contribution in [-0.4, -0.2) is 55.8 Å². The summed E-state index contributed by atoms with van der Waals surface area (Å²) >= 11 is 6.21. The number of carbonyl (C=O) groups is 2. The number of amidine groups is 1. The summed E-state index contributed by atoms with van der Waals surface area (Å²) in [6.45, 7) is 7.48. The van der Waals surface area contributed by atoms with E-state index in [1.54, 1.807) is 58.4 Å². The van der Waals surface area contributed by atoms with Gasteiger partial charge in [-0.2, -0.15) is 5.10 Å². The van der Waals surface area contributed by atoms with Gasteiger partial charge in [0.1, 0.15) is 12.4 Å². The predicted molar refractivity (Wildman–Crippen MR) is 136 cm³/mol. The van der Waals surface area contributed by atoms with Gasteiger partial charge in [0.05, 0.1) is 16.4 Å². The summed E-state index contributed by atoms with van der Waals surface area (Å²) in [5.41, 5.74) is 2.96. The normalized spacial score (nSPS) is 11.7. The van der Waals surface area contributed by atoms with E-state index in [9.17, 15) is 19.1 Å². The molecule has 0 aliphatic carbocycles. The molecule has 180 valence electrons. The van der Waals surface area contributed by atoms with Gasteiger partial charge in [-0.3, -0.25) is 19.5 Å². The Balaban J connectivity index is 2.60. The van der Waals surface area contributed by atoms with E-state index >= 15 is 0 Å². The SMILES string of the molecule is C=C(C)/C(=C/N(C)c1c(F)cccc1Cl)c1cc(N(C)/N=C(/CO)N(C=O)CC)ccc1C=O. The maximum absolute atomic E-state index is 14.4. The first-order valence-corrected chi connectivity index (χ1v) is 10.8. The minimum Gasteiger partial charge on any atom is -0.388 e. The van der Waals surface area contributed by atoms with Crippen molar-refractivity contribution in [2.75, 3.05) is 37.2 Å². The van der Waals surface area contributed by atoms with Crippen LogP contribution in [-0.2, 0) is 4.79 Å². The Hall–Kier alpha value is -3.49. The highest BCUT2D eigenvalue weighted by atomic mass is 35.5. The smallest absolute Gasteiger partial charge is 0.215 e. The minimum absolute atomic E-state index is 0.172. The van der Waals surface area contributed by atoms with E-state index in [4.69, 9.17) is 11.6 Å². The largest absolute Gasteiger partial charge is 0.388 e. The highest BCUT2D eigenvalue weighted by molar-refractivity contribution is 6.33. The highest BCUT2D eigenvalue weighted by Gasteiger charge is 2.16. The molecule has 34 heavy (non-hydrogen) atoms. The van der Waals surface area contributed by atoms with Crippen molar-refractivity contribution in [3.05, 3.63) is 76.7 Å². The molecule has 7 nitrogen and oxygen atoms in total. The molecule has 0 saturated carbocycles. The molecule has 0 saturated heterocycles. The number of hydrazone groups is 1. The van der Waals surface area contributed by atoms with Gasteiger partial charge in [0.25, 0.3) is 0 Å². The van der Waals surface area contributed by atoms with E-state index in [1.165, 1.54) is 26.9 Å². The number of nitrogens with zero attached hydrogens (tertiary/aromatic N) is 4. The van der Waals surface area contributed by atoms with E-state index in [-0.39, 0.29) is 16.5 Å². The Kier molecular flexibility index (Phi) is 9.53. The molecule has 1 amide bonds. The van der Waals surface area contributed by atoms with Crippen molar-refractivity contribution in [3.8, 4) is 0 Å². The van der Waals surface area contributed by atoms with Crippen molar-refractivity contribution >= 4 is 47.1 Å². The molecule has 0 bridgehead atoms.